The number of aliphatic hydroxyl groups excluding tert-OH is 4. The van der Waals surface area contributed by atoms with E-state index in [0.717, 1.165) is 76.7 Å². The lowest BCUT2D eigenvalue weighted by Crippen LogP contribution is -2.62. The lowest BCUT2D eigenvalue weighted by atomic mass is 9.41. The van der Waals surface area contributed by atoms with E-state index in [9.17, 15) is 52.0 Å². The van der Waals surface area contributed by atoms with E-state index < -0.39 is 31.9 Å². The third-order valence-corrected chi connectivity index (χ3v) is 24.8. The number of primary sulfonamides is 1. The molecule has 10 rings (SSSR count). The summed E-state index contributed by atoms with van der Waals surface area (Å²) in [6.07, 6.45) is 25.7. The largest absolute Gasteiger partial charge is 0.492 e. The first kappa shape index (κ1) is 65.5. The van der Waals surface area contributed by atoms with Crippen LogP contribution in [0.3, 0.4) is 0 Å². The Bertz CT molecular complexity index is 2800. The molecule has 83 heavy (non-hydrogen) atoms. The number of aliphatic hydroxyl groups is 4. The zero-order valence-corrected chi connectivity index (χ0v) is 52.9. The standard InChI is InChI=1S/C32H50N2O6S.C31H47NO5.CH5NO2S/c1-6-23-27-16-21(35)9-12-32(27,4)26-10-13-31(3)24(7-8-25(31)28(26)29(23)36)19(2)11-14-40-22-15-20(17-33-18-22)30(37)34-41(5,38)39;1-5-22-26-15-20(33)8-11-31(26,4)25-9-12-30(3)23(6-7-24(30)27(25)28(22)34)18(2)10-13-37-21-14-19(29(35)36)16-32-17-21;1-5(2,3)4/h15,17-19,21,23-29,35-36H,6-14,16H2,1-5H3,(H,34,37);14,16-18,20,22-28,33-34H,5-13,15H2,1-4H3,(H,35,36);1H3,(H2,2,3,4)/t19-,21-,23-,24-,25+,26+,27+,28+,29-,31-,32-;18-,20-,22-,23-,24+,25+,26+,27+,28-,30-,31-;/m11./s1. The van der Waals surface area contributed by atoms with Crippen molar-refractivity contribution in [1.29, 1.82) is 0 Å². The summed E-state index contributed by atoms with van der Waals surface area (Å²) in [5.74, 6) is 5.67. The Morgan fingerprint density at radius 1 is 0.602 bits per heavy atom. The zero-order chi connectivity index (χ0) is 60.8. The highest BCUT2D eigenvalue weighted by atomic mass is 32.2. The number of pyridine rings is 2. The Kier molecular flexibility index (Phi) is 20.3. The van der Waals surface area contributed by atoms with Crippen molar-refractivity contribution in [1.82, 2.24) is 14.7 Å². The normalized spacial score (nSPS) is 40.5. The van der Waals surface area contributed by atoms with Crippen LogP contribution in [-0.2, 0) is 20.0 Å². The molecule has 0 spiro atoms. The van der Waals surface area contributed by atoms with Crippen LogP contribution in [0.1, 0.15) is 192 Å². The number of carbonyl (C=O) groups is 2. The molecule has 17 nitrogen and oxygen atoms in total. The van der Waals surface area contributed by atoms with Crippen LogP contribution < -0.4 is 19.3 Å². The Labute approximate surface area is 496 Å². The van der Waals surface area contributed by atoms with Crippen molar-refractivity contribution in [2.24, 2.45) is 110 Å². The number of nitrogens with two attached hydrogens (primary N) is 1. The van der Waals surface area contributed by atoms with Crippen LogP contribution in [0.25, 0.3) is 0 Å². The Morgan fingerprint density at radius 3 is 1.36 bits per heavy atom. The van der Waals surface area contributed by atoms with Gasteiger partial charge in [0, 0.05) is 12.4 Å². The highest BCUT2D eigenvalue weighted by Gasteiger charge is 2.67. The lowest BCUT2D eigenvalue weighted by Gasteiger charge is -2.64. The summed E-state index contributed by atoms with van der Waals surface area (Å²) >= 11 is 0. The summed E-state index contributed by atoms with van der Waals surface area (Å²) in [5, 5.41) is 58.4. The molecule has 2 aromatic heterocycles. The first-order valence-electron chi connectivity index (χ1n) is 31.5. The van der Waals surface area contributed by atoms with Gasteiger partial charge in [0.2, 0.25) is 20.0 Å². The van der Waals surface area contributed by atoms with Crippen LogP contribution in [0.5, 0.6) is 11.5 Å². The maximum absolute atomic E-state index is 12.2. The Morgan fingerprint density at radius 2 is 0.976 bits per heavy atom. The molecule has 8 aliphatic rings. The van der Waals surface area contributed by atoms with Crippen molar-refractivity contribution in [3.8, 4) is 11.5 Å². The Balaban J connectivity index is 0.000000201. The second-order valence-corrected chi connectivity index (χ2v) is 32.0. The van der Waals surface area contributed by atoms with E-state index in [4.69, 9.17) is 9.47 Å². The molecule has 0 unspecified atom stereocenters. The minimum atomic E-state index is -3.66. The number of aromatic carboxylic acids is 1. The van der Waals surface area contributed by atoms with Gasteiger partial charge in [0.05, 0.1) is 73.7 Å². The van der Waals surface area contributed by atoms with Crippen LogP contribution in [0, 0.1) is 105 Å². The number of hydrogen-bond donors (Lipinski definition) is 7. The van der Waals surface area contributed by atoms with Crippen molar-refractivity contribution in [3.63, 3.8) is 0 Å². The van der Waals surface area contributed by atoms with E-state index in [1.54, 1.807) is 18.5 Å². The first-order valence-corrected chi connectivity index (χ1v) is 35.3. The minimum absolute atomic E-state index is 0.142. The van der Waals surface area contributed by atoms with Gasteiger partial charge >= 0.3 is 5.97 Å². The van der Waals surface area contributed by atoms with Crippen LogP contribution in [0.4, 0.5) is 0 Å². The van der Waals surface area contributed by atoms with Gasteiger partial charge in [-0.15, -0.1) is 0 Å². The van der Waals surface area contributed by atoms with Crippen molar-refractivity contribution < 1.29 is 61.4 Å². The second-order valence-electron chi connectivity index (χ2n) is 28.6. The molecule has 19 heteroatoms. The molecular weight excluding hydrogens is 1100 g/mol. The van der Waals surface area contributed by atoms with Gasteiger partial charge in [-0.25, -0.2) is 31.5 Å². The quantitative estimate of drug-likeness (QED) is 0.0874. The molecule has 0 aromatic carbocycles. The smallest absolute Gasteiger partial charge is 0.337 e. The number of nitrogens with one attached hydrogen (secondary N) is 1. The summed E-state index contributed by atoms with van der Waals surface area (Å²) in [7, 11) is -6.83. The molecule has 1 amide bonds. The number of sulfonamides is 2. The monoisotopic (exact) mass is 1200 g/mol. The van der Waals surface area contributed by atoms with Gasteiger partial charge in [0.25, 0.3) is 5.91 Å². The predicted molar refractivity (Wildman–Crippen MR) is 319 cm³/mol. The molecule has 0 radical (unpaired) electrons. The molecule has 0 aliphatic heterocycles. The van der Waals surface area contributed by atoms with Gasteiger partial charge < -0.3 is 35.0 Å². The fraction of sp³-hybridized carbons (Fsp3) is 0.812. The molecule has 8 saturated carbocycles. The number of carbonyl (C=O) groups excluding carboxylic acids is 1. The molecular formula is C64H102N4O13S2. The fourth-order valence-corrected chi connectivity index (χ4v) is 20.9. The van der Waals surface area contributed by atoms with E-state index in [2.05, 4.69) is 70.5 Å². The van der Waals surface area contributed by atoms with Gasteiger partial charge in [-0.2, -0.15) is 0 Å². The average molecular weight is 1200 g/mol. The van der Waals surface area contributed by atoms with Crippen molar-refractivity contribution >= 4 is 31.9 Å². The number of nitrogens with zero attached hydrogens (tertiary/aromatic N) is 2. The second kappa shape index (κ2) is 25.7. The molecule has 8 aliphatic carbocycles. The summed E-state index contributed by atoms with van der Waals surface area (Å²) in [5.41, 5.74) is 1.17. The third kappa shape index (κ3) is 13.7. The maximum Gasteiger partial charge on any atom is 0.337 e. The molecule has 8 N–H and O–H groups in total. The van der Waals surface area contributed by atoms with Crippen LogP contribution in [-0.4, -0.2) is 114 Å². The van der Waals surface area contributed by atoms with Crippen LogP contribution >= 0.6 is 0 Å². The van der Waals surface area contributed by atoms with Crippen molar-refractivity contribution in [2.75, 3.05) is 25.7 Å². The summed E-state index contributed by atoms with van der Waals surface area (Å²) < 4.78 is 55.5. The third-order valence-electron chi connectivity index (χ3n) is 24.2. The molecule has 0 bridgehead atoms. The van der Waals surface area contributed by atoms with E-state index in [0.29, 0.717) is 102 Å². The van der Waals surface area contributed by atoms with E-state index in [1.165, 1.54) is 69.8 Å². The maximum atomic E-state index is 12.2. The van der Waals surface area contributed by atoms with Crippen molar-refractivity contribution in [3.05, 3.63) is 48.0 Å². The summed E-state index contributed by atoms with van der Waals surface area (Å²) in [6.45, 7) is 20.2. The lowest BCUT2D eigenvalue weighted by molar-refractivity contribution is -0.203. The van der Waals surface area contributed by atoms with E-state index >= 15 is 0 Å². The van der Waals surface area contributed by atoms with Gasteiger partial charge in [-0.1, -0.05) is 68.2 Å². The minimum Gasteiger partial charge on any atom is -0.492 e. The average Bonchev–Trinajstić information content (AvgIpc) is 1.87. The topological polar surface area (TPSA) is 286 Å². The number of hydrogen-bond acceptors (Lipinski definition) is 14. The molecule has 0 saturated heterocycles. The SMILES string of the molecule is CC[C@H]1[C@@H](O)[C@@H]2[C@H](CC[C@]3(C)[C@@H]([C@H](C)CCOc4cncc(C(=O)NS(C)(=O)=O)c4)CC[C@@H]23)[C@@]2(C)CC[C@@H](O)C[C@@H]12.CC[C@H]1[C@@H](O)[C@@H]2[C@H](CC[C@]3(C)[C@@H]([C@H](C)CCOc4cncc(C(=O)O)c4)CC[C@@H]23)[C@@]2(C)CC[C@@H](O)C[C@@H]12.CS(N)(=O)=O. The zero-order valence-electron chi connectivity index (χ0n) is 51.3. The van der Waals surface area contributed by atoms with E-state index in [1.807, 2.05) is 4.72 Å². The number of ether oxygens (including phenoxy) is 2. The number of amides is 1. The fourth-order valence-electron chi connectivity index (χ4n) is 20.5. The summed E-state index contributed by atoms with van der Waals surface area (Å²) in [6, 6.07) is 3.07. The molecule has 2 aromatic rings. The number of rotatable bonds is 15. The number of fused-ring (bicyclic) bond motifs is 10. The first-order chi connectivity index (χ1) is 38.9. The van der Waals surface area contributed by atoms with E-state index in [-0.39, 0.29) is 63.1 Å². The van der Waals surface area contributed by atoms with Gasteiger partial charge in [0.15, 0.2) is 0 Å². The number of carboxylic acids is 1. The number of aromatic nitrogens is 2. The Hall–Kier alpha value is -3.46. The highest BCUT2D eigenvalue weighted by molar-refractivity contribution is 7.89. The van der Waals surface area contributed by atoms with Crippen LogP contribution in [0.15, 0.2) is 36.9 Å². The predicted octanol–water partition coefficient (Wildman–Crippen LogP) is 9.52. The summed E-state index contributed by atoms with van der Waals surface area (Å²) in [4.78, 5) is 31.5. The molecule has 22 atom stereocenters. The number of carboxylic acid groups (broad SMARTS) is 1. The molecule has 468 valence electrons. The van der Waals surface area contributed by atoms with Crippen molar-refractivity contribution in [2.45, 2.75) is 195 Å². The highest BCUT2D eigenvalue weighted by Crippen LogP contribution is 2.71. The van der Waals surface area contributed by atoms with Gasteiger partial charge in [-0.3, -0.25) is 14.8 Å². The van der Waals surface area contributed by atoms with Gasteiger partial charge in [0.1, 0.15) is 11.5 Å². The van der Waals surface area contributed by atoms with Crippen LogP contribution in [0.2, 0.25) is 0 Å². The molecule has 8 fully saturated rings. The van der Waals surface area contributed by atoms with Gasteiger partial charge in [-0.05, 0) is 219 Å². The molecule has 2 heterocycles.